The molecule has 1 aliphatic rings. The molecule has 0 amide bonds. The molecular formula is C14H27NO. The fourth-order valence-corrected chi connectivity index (χ4v) is 2.47. The maximum Gasteiger partial charge on any atom is 0.0890 e. The molecule has 1 heterocycles. The zero-order valence-corrected chi connectivity index (χ0v) is 11.2. The van der Waals surface area contributed by atoms with Crippen molar-refractivity contribution in [1.82, 2.24) is 4.90 Å². The summed E-state index contributed by atoms with van der Waals surface area (Å²) >= 11 is 0. The Kier molecular flexibility index (Phi) is 5.89. The standard InChI is InChI=1S/C14H27NO/c1-5-16-13(4)10-14-6-8-15(9-7-14)11-12(2)3/h12,14H,4-11H2,1-3H3. The van der Waals surface area contributed by atoms with Gasteiger partial charge in [0.1, 0.15) is 0 Å². The number of likely N-dealkylation sites (tertiary alicyclic amines) is 1. The molecule has 1 saturated heterocycles. The van der Waals surface area contributed by atoms with Crippen molar-refractivity contribution >= 4 is 0 Å². The molecule has 0 atom stereocenters. The second-order valence-corrected chi connectivity index (χ2v) is 5.31. The Labute approximate surface area is 101 Å². The molecule has 0 bridgehead atoms. The molecule has 0 saturated carbocycles. The van der Waals surface area contributed by atoms with Crippen molar-refractivity contribution in [3.63, 3.8) is 0 Å². The van der Waals surface area contributed by atoms with Gasteiger partial charge in [0.2, 0.25) is 0 Å². The van der Waals surface area contributed by atoms with Gasteiger partial charge >= 0.3 is 0 Å². The van der Waals surface area contributed by atoms with E-state index in [9.17, 15) is 0 Å². The largest absolute Gasteiger partial charge is 0.499 e. The van der Waals surface area contributed by atoms with Crippen molar-refractivity contribution in [2.75, 3.05) is 26.2 Å². The molecule has 2 nitrogen and oxygen atoms in total. The van der Waals surface area contributed by atoms with Crippen LogP contribution in [0.4, 0.5) is 0 Å². The molecule has 0 aromatic rings. The predicted octanol–water partition coefficient (Wildman–Crippen LogP) is 3.29. The first-order valence-corrected chi connectivity index (χ1v) is 6.64. The van der Waals surface area contributed by atoms with Crippen molar-refractivity contribution in [2.24, 2.45) is 11.8 Å². The first-order chi connectivity index (χ1) is 7.61. The molecule has 16 heavy (non-hydrogen) atoms. The number of ether oxygens (including phenoxy) is 1. The lowest BCUT2D eigenvalue weighted by Gasteiger charge is -2.33. The minimum absolute atomic E-state index is 0.755. The van der Waals surface area contributed by atoms with Crippen molar-refractivity contribution in [1.29, 1.82) is 0 Å². The van der Waals surface area contributed by atoms with Crippen LogP contribution in [-0.4, -0.2) is 31.1 Å². The number of hydrogen-bond donors (Lipinski definition) is 0. The van der Waals surface area contributed by atoms with E-state index in [2.05, 4.69) is 25.3 Å². The third-order valence-electron chi connectivity index (χ3n) is 3.20. The van der Waals surface area contributed by atoms with Gasteiger partial charge in [-0.15, -0.1) is 0 Å². The normalized spacial score (nSPS) is 19.0. The molecule has 1 aliphatic heterocycles. The smallest absolute Gasteiger partial charge is 0.0890 e. The van der Waals surface area contributed by atoms with E-state index < -0.39 is 0 Å². The fourth-order valence-electron chi connectivity index (χ4n) is 2.47. The summed E-state index contributed by atoms with van der Waals surface area (Å²) in [5.74, 6) is 2.56. The summed E-state index contributed by atoms with van der Waals surface area (Å²) in [7, 11) is 0. The first kappa shape index (κ1) is 13.6. The Morgan fingerprint density at radius 2 is 2.00 bits per heavy atom. The second kappa shape index (κ2) is 6.95. The van der Waals surface area contributed by atoms with Gasteiger partial charge in [0.15, 0.2) is 0 Å². The zero-order chi connectivity index (χ0) is 12.0. The second-order valence-electron chi connectivity index (χ2n) is 5.31. The number of nitrogens with zero attached hydrogens (tertiary/aromatic N) is 1. The Balaban J connectivity index is 2.19. The summed E-state index contributed by atoms with van der Waals surface area (Å²) in [5, 5.41) is 0. The molecule has 0 unspecified atom stereocenters. The van der Waals surface area contributed by atoms with Crippen molar-refractivity contribution < 1.29 is 4.74 Å². The molecule has 0 aromatic carbocycles. The van der Waals surface area contributed by atoms with E-state index in [0.717, 1.165) is 30.6 Å². The molecule has 0 aromatic heterocycles. The van der Waals surface area contributed by atoms with Gasteiger partial charge < -0.3 is 9.64 Å². The zero-order valence-electron chi connectivity index (χ0n) is 11.2. The van der Waals surface area contributed by atoms with Gasteiger partial charge in [0, 0.05) is 13.0 Å². The van der Waals surface area contributed by atoms with Gasteiger partial charge in [0.05, 0.1) is 12.4 Å². The Bertz CT molecular complexity index is 205. The SMILES string of the molecule is C=C(CC1CCN(CC(C)C)CC1)OCC. The van der Waals surface area contributed by atoms with Crippen LogP contribution in [0.2, 0.25) is 0 Å². The maximum absolute atomic E-state index is 5.43. The summed E-state index contributed by atoms with van der Waals surface area (Å²) in [6.45, 7) is 15.1. The van der Waals surface area contributed by atoms with E-state index in [0.29, 0.717) is 0 Å². The number of piperidine rings is 1. The van der Waals surface area contributed by atoms with Crippen LogP contribution in [-0.2, 0) is 4.74 Å². The molecule has 1 rings (SSSR count). The van der Waals surface area contributed by atoms with E-state index in [1.54, 1.807) is 0 Å². The molecule has 1 fully saturated rings. The summed E-state index contributed by atoms with van der Waals surface area (Å²) in [4.78, 5) is 2.59. The van der Waals surface area contributed by atoms with Crippen molar-refractivity contribution in [3.8, 4) is 0 Å². The van der Waals surface area contributed by atoms with Gasteiger partial charge in [-0.3, -0.25) is 0 Å². The highest BCUT2D eigenvalue weighted by Crippen LogP contribution is 2.24. The Morgan fingerprint density at radius 3 is 2.50 bits per heavy atom. The van der Waals surface area contributed by atoms with Crippen LogP contribution in [0.5, 0.6) is 0 Å². The van der Waals surface area contributed by atoms with Crippen LogP contribution in [0.25, 0.3) is 0 Å². The van der Waals surface area contributed by atoms with Gasteiger partial charge in [-0.2, -0.15) is 0 Å². The van der Waals surface area contributed by atoms with Crippen LogP contribution >= 0.6 is 0 Å². The highest BCUT2D eigenvalue weighted by molar-refractivity contribution is 4.87. The molecular weight excluding hydrogens is 198 g/mol. The minimum Gasteiger partial charge on any atom is -0.499 e. The van der Waals surface area contributed by atoms with Crippen LogP contribution in [0, 0.1) is 11.8 Å². The monoisotopic (exact) mass is 225 g/mol. The van der Waals surface area contributed by atoms with Crippen LogP contribution in [0.15, 0.2) is 12.3 Å². The van der Waals surface area contributed by atoms with E-state index in [1.807, 2.05) is 6.92 Å². The highest BCUT2D eigenvalue weighted by atomic mass is 16.5. The maximum atomic E-state index is 5.43. The number of rotatable bonds is 6. The summed E-state index contributed by atoms with van der Waals surface area (Å²) in [6, 6.07) is 0. The number of hydrogen-bond acceptors (Lipinski definition) is 2. The molecule has 0 N–H and O–H groups in total. The number of allylic oxidation sites excluding steroid dienone is 1. The lowest BCUT2D eigenvalue weighted by atomic mass is 9.92. The topological polar surface area (TPSA) is 12.5 Å². The lowest BCUT2D eigenvalue weighted by molar-refractivity contribution is 0.147. The summed E-state index contributed by atoms with van der Waals surface area (Å²) < 4.78 is 5.43. The highest BCUT2D eigenvalue weighted by Gasteiger charge is 2.20. The predicted molar refractivity (Wildman–Crippen MR) is 69.4 cm³/mol. The quantitative estimate of drug-likeness (QED) is 0.643. The molecule has 0 radical (unpaired) electrons. The van der Waals surface area contributed by atoms with E-state index in [-0.39, 0.29) is 0 Å². The fraction of sp³-hybridized carbons (Fsp3) is 0.857. The Hall–Kier alpha value is -0.500. The third-order valence-corrected chi connectivity index (χ3v) is 3.20. The van der Waals surface area contributed by atoms with E-state index in [1.165, 1.54) is 32.5 Å². The third kappa shape index (κ3) is 5.02. The van der Waals surface area contributed by atoms with Crippen molar-refractivity contribution in [2.45, 2.75) is 40.0 Å². The average Bonchev–Trinajstić information content (AvgIpc) is 2.20. The van der Waals surface area contributed by atoms with Crippen LogP contribution < -0.4 is 0 Å². The van der Waals surface area contributed by atoms with Gasteiger partial charge in [-0.05, 0) is 44.7 Å². The van der Waals surface area contributed by atoms with Crippen LogP contribution in [0.3, 0.4) is 0 Å². The summed E-state index contributed by atoms with van der Waals surface area (Å²) in [5.41, 5.74) is 0. The van der Waals surface area contributed by atoms with Gasteiger partial charge in [-0.1, -0.05) is 20.4 Å². The van der Waals surface area contributed by atoms with Gasteiger partial charge in [0.25, 0.3) is 0 Å². The average molecular weight is 225 g/mol. The van der Waals surface area contributed by atoms with Crippen molar-refractivity contribution in [3.05, 3.63) is 12.3 Å². The molecule has 0 aliphatic carbocycles. The minimum atomic E-state index is 0.755. The molecule has 0 spiro atoms. The molecule has 94 valence electrons. The van der Waals surface area contributed by atoms with E-state index in [4.69, 9.17) is 4.74 Å². The van der Waals surface area contributed by atoms with Gasteiger partial charge in [-0.25, -0.2) is 0 Å². The first-order valence-electron chi connectivity index (χ1n) is 6.64. The summed E-state index contributed by atoms with van der Waals surface area (Å²) in [6.07, 6.45) is 3.67. The molecule has 2 heteroatoms. The Morgan fingerprint density at radius 1 is 1.38 bits per heavy atom. The van der Waals surface area contributed by atoms with E-state index >= 15 is 0 Å². The lowest BCUT2D eigenvalue weighted by Crippen LogP contribution is -2.36. The van der Waals surface area contributed by atoms with Crippen LogP contribution in [0.1, 0.15) is 40.0 Å².